The average molecular weight is 384 g/mol. The van der Waals surface area contributed by atoms with Crippen LogP contribution in [-0.2, 0) is 20.3 Å². The maximum Gasteiger partial charge on any atom is 0.435 e. The third-order valence-electron chi connectivity index (χ3n) is 4.78. The fraction of sp³-hybridized carbons (Fsp3) is 0.588. The number of aromatic nitrogens is 4. The van der Waals surface area contributed by atoms with Crippen LogP contribution in [0.3, 0.4) is 0 Å². The highest BCUT2D eigenvalue weighted by Gasteiger charge is 2.35. The summed E-state index contributed by atoms with van der Waals surface area (Å²) in [6.45, 7) is 3.68. The van der Waals surface area contributed by atoms with Crippen molar-refractivity contribution in [2.75, 3.05) is 18.0 Å². The summed E-state index contributed by atoms with van der Waals surface area (Å²) in [6.07, 6.45) is -1.12. The molecule has 2 aromatic heterocycles. The van der Waals surface area contributed by atoms with E-state index in [1.165, 1.54) is 13.5 Å². The van der Waals surface area contributed by atoms with Crippen molar-refractivity contribution >= 4 is 11.7 Å². The van der Waals surface area contributed by atoms with E-state index in [0.29, 0.717) is 0 Å². The van der Waals surface area contributed by atoms with Crippen LogP contribution >= 0.6 is 0 Å². The molecule has 1 amide bonds. The molecule has 0 bridgehead atoms. The highest BCUT2D eigenvalue weighted by atomic mass is 19.4. The third-order valence-corrected chi connectivity index (χ3v) is 4.78. The number of halogens is 3. The summed E-state index contributed by atoms with van der Waals surface area (Å²) >= 11 is 0. The second-order valence-corrected chi connectivity index (χ2v) is 6.83. The molecule has 3 heterocycles. The minimum atomic E-state index is -4.59. The van der Waals surface area contributed by atoms with Gasteiger partial charge in [0, 0.05) is 39.3 Å². The molecule has 0 saturated carbocycles. The van der Waals surface area contributed by atoms with Gasteiger partial charge in [0.2, 0.25) is 0 Å². The van der Waals surface area contributed by atoms with Gasteiger partial charge in [-0.15, -0.1) is 0 Å². The highest BCUT2D eigenvalue weighted by Crippen LogP contribution is 2.28. The fourth-order valence-corrected chi connectivity index (χ4v) is 3.31. The van der Waals surface area contributed by atoms with Crippen LogP contribution < -0.4 is 10.2 Å². The molecule has 27 heavy (non-hydrogen) atoms. The SMILES string of the molecule is CC(NC(=O)c1cc(C(F)(F)F)nn1C)c1cc(N2CCCCC2)nn1C. The van der Waals surface area contributed by atoms with E-state index >= 15 is 0 Å². The zero-order valence-corrected chi connectivity index (χ0v) is 15.5. The number of hydrogen-bond donors (Lipinski definition) is 1. The maximum atomic E-state index is 12.8. The number of hydrogen-bond acceptors (Lipinski definition) is 4. The van der Waals surface area contributed by atoms with E-state index in [0.717, 1.165) is 48.2 Å². The fourth-order valence-electron chi connectivity index (χ4n) is 3.31. The van der Waals surface area contributed by atoms with Gasteiger partial charge < -0.3 is 10.2 Å². The molecule has 2 aromatic rings. The molecule has 3 rings (SSSR count). The lowest BCUT2D eigenvalue weighted by molar-refractivity contribution is -0.141. The molecular formula is C17H23F3N6O. The van der Waals surface area contributed by atoms with Gasteiger partial charge in [-0.2, -0.15) is 23.4 Å². The highest BCUT2D eigenvalue weighted by molar-refractivity contribution is 5.92. The summed E-state index contributed by atoms with van der Waals surface area (Å²) in [5, 5.41) is 10.6. The predicted molar refractivity (Wildman–Crippen MR) is 93.4 cm³/mol. The minimum absolute atomic E-state index is 0.146. The van der Waals surface area contributed by atoms with E-state index in [1.807, 2.05) is 6.07 Å². The molecule has 0 aliphatic carbocycles. The Bertz CT molecular complexity index is 819. The molecule has 0 spiro atoms. The van der Waals surface area contributed by atoms with Crippen molar-refractivity contribution in [3.63, 3.8) is 0 Å². The first-order valence-corrected chi connectivity index (χ1v) is 8.88. The van der Waals surface area contributed by atoms with Crippen LogP contribution in [0, 0.1) is 0 Å². The van der Waals surface area contributed by atoms with Gasteiger partial charge in [-0.1, -0.05) is 0 Å². The molecule has 1 fully saturated rings. The normalized spacial score (nSPS) is 16.4. The first-order valence-electron chi connectivity index (χ1n) is 8.88. The third kappa shape index (κ3) is 4.09. The summed E-state index contributed by atoms with van der Waals surface area (Å²) in [5.74, 6) is 0.238. The van der Waals surface area contributed by atoms with Crippen molar-refractivity contribution in [1.82, 2.24) is 24.9 Å². The number of nitrogens with one attached hydrogen (secondary N) is 1. The minimum Gasteiger partial charge on any atom is -0.355 e. The first kappa shape index (κ1) is 19.2. The number of rotatable bonds is 4. The molecule has 1 unspecified atom stereocenters. The molecule has 1 atom stereocenters. The van der Waals surface area contributed by atoms with Gasteiger partial charge in [0.15, 0.2) is 11.5 Å². The van der Waals surface area contributed by atoms with Gasteiger partial charge >= 0.3 is 6.18 Å². The van der Waals surface area contributed by atoms with E-state index in [-0.39, 0.29) is 5.69 Å². The molecule has 1 aliphatic heterocycles. The zero-order valence-electron chi connectivity index (χ0n) is 15.5. The number of nitrogens with zero attached hydrogens (tertiary/aromatic N) is 5. The van der Waals surface area contributed by atoms with Gasteiger partial charge in [-0.25, -0.2) is 0 Å². The number of anilines is 1. The Balaban J connectivity index is 1.73. The Labute approximate surface area is 155 Å². The smallest absolute Gasteiger partial charge is 0.355 e. The van der Waals surface area contributed by atoms with Gasteiger partial charge in [-0.05, 0) is 26.2 Å². The second-order valence-electron chi connectivity index (χ2n) is 6.83. The lowest BCUT2D eigenvalue weighted by atomic mass is 10.1. The van der Waals surface area contributed by atoms with Crippen molar-refractivity contribution in [2.24, 2.45) is 14.1 Å². The number of amides is 1. The zero-order chi connectivity index (χ0) is 19.8. The van der Waals surface area contributed by atoms with E-state index < -0.39 is 23.8 Å². The van der Waals surface area contributed by atoms with Crippen LogP contribution in [0.1, 0.15) is 54.1 Å². The largest absolute Gasteiger partial charge is 0.435 e. The van der Waals surface area contributed by atoms with Crippen molar-refractivity contribution in [3.05, 3.63) is 29.2 Å². The summed E-state index contributed by atoms with van der Waals surface area (Å²) in [6, 6.07) is 2.25. The Morgan fingerprint density at radius 1 is 1.11 bits per heavy atom. The molecule has 0 aromatic carbocycles. The molecule has 1 N–H and O–H groups in total. The monoisotopic (exact) mass is 384 g/mol. The standard InChI is InChI=1S/C17H23F3N6O/c1-11(12-10-15(23-24(12)2)26-7-5-4-6-8-26)21-16(27)13-9-14(17(18,19)20)22-25(13)3/h9-11H,4-8H2,1-3H3,(H,21,27). The number of carbonyl (C=O) groups is 1. The Morgan fingerprint density at radius 3 is 2.37 bits per heavy atom. The van der Waals surface area contributed by atoms with Gasteiger partial charge in [0.1, 0.15) is 5.69 Å². The predicted octanol–water partition coefficient (Wildman–Crippen LogP) is 2.65. The average Bonchev–Trinajstić information content (AvgIpc) is 3.18. The van der Waals surface area contributed by atoms with E-state index in [2.05, 4.69) is 20.4 Å². The molecule has 1 saturated heterocycles. The van der Waals surface area contributed by atoms with Crippen molar-refractivity contribution < 1.29 is 18.0 Å². The number of aryl methyl sites for hydroxylation is 2. The van der Waals surface area contributed by atoms with Crippen LogP contribution in [0.2, 0.25) is 0 Å². The van der Waals surface area contributed by atoms with Crippen LogP contribution in [-0.4, -0.2) is 38.6 Å². The summed E-state index contributed by atoms with van der Waals surface area (Å²) in [5.41, 5.74) is -0.453. The Kier molecular flexibility index (Phi) is 5.16. The van der Waals surface area contributed by atoms with Crippen molar-refractivity contribution in [2.45, 2.75) is 38.4 Å². The van der Waals surface area contributed by atoms with Crippen LogP contribution in [0.5, 0.6) is 0 Å². The molecule has 10 heteroatoms. The second kappa shape index (κ2) is 7.24. The maximum absolute atomic E-state index is 12.8. The lowest BCUT2D eigenvalue weighted by Crippen LogP contribution is -2.29. The van der Waals surface area contributed by atoms with E-state index in [9.17, 15) is 18.0 Å². The van der Waals surface area contributed by atoms with Crippen LogP contribution in [0.4, 0.5) is 19.0 Å². The summed E-state index contributed by atoms with van der Waals surface area (Å²) < 4.78 is 41.0. The lowest BCUT2D eigenvalue weighted by Gasteiger charge is -2.26. The number of carbonyl (C=O) groups excluding carboxylic acids is 1. The van der Waals surface area contributed by atoms with Crippen molar-refractivity contribution in [3.8, 4) is 0 Å². The number of piperidine rings is 1. The Hall–Kier alpha value is -2.52. The summed E-state index contributed by atoms with van der Waals surface area (Å²) in [4.78, 5) is 14.6. The molecule has 1 aliphatic rings. The van der Waals surface area contributed by atoms with E-state index in [1.54, 1.807) is 18.7 Å². The first-order chi connectivity index (χ1) is 12.7. The molecule has 148 valence electrons. The van der Waals surface area contributed by atoms with Gasteiger partial charge in [0.05, 0.1) is 11.7 Å². The molecule has 7 nitrogen and oxygen atoms in total. The van der Waals surface area contributed by atoms with Gasteiger partial charge in [-0.3, -0.25) is 14.2 Å². The van der Waals surface area contributed by atoms with Crippen LogP contribution in [0.15, 0.2) is 12.1 Å². The molecule has 0 radical (unpaired) electrons. The van der Waals surface area contributed by atoms with E-state index in [4.69, 9.17) is 0 Å². The Morgan fingerprint density at radius 2 is 1.78 bits per heavy atom. The van der Waals surface area contributed by atoms with Crippen LogP contribution in [0.25, 0.3) is 0 Å². The van der Waals surface area contributed by atoms with Crippen molar-refractivity contribution in [1.29, 1.82) is 0 Å². The number of alkyl halides is 3. The summed E-state index contributed by atoms with van der Waals surface area (Å²) in [7, 11) is 3.10. The molecular weight excluding hydrogens is 361 g/mol. The topological polar surface area (TPSA) is 68.0 Å². The quantitative estimate of drug-likeness (QED) is 0.880. The van der Waals surface area contributed by atoms with Gasteiger partial charge in [0.25, 0.3) is 5.91 Å².